The van der Waals surface area contributed by atoms with Crippen LogP contribution in [0.15, 0.2) is 84.9 Å². The van der Waals surface area contributed by atoms with E-state index in [0.717, 1.165) is 16.4 Å². The third-order valence-corrected chi connectivity index (χ3v) is 6.29. The molecule has 0 fully saturated rings. The average molecular weight is 497 g/mol. The minimum atomic E-state index is -0.602. The van der Waals surface area contributed by atoms with Gasteiger partial charge in [0.15, 0.2) is 0 Å². The Hall–Kier alpha value is -4.92. The van der Waals surface area contributed by atoms with Crippen molar-refractivity contribution in [1.82, 2.24) is 4.90 Å². The third-order valence-electron chi connectivity index (χ3n) is 6.29. The maximum absolute atomic E-state index is 14.0. The largest absolute Gasteiger partial charge is 0.308 e. The van der Waals surface area contributed by atoms with E-state index in [1.165, 1.54) is 41.3 Å². The highest BCUT2D eigenvalue weighted by Gasteiger charge is 2.32. The Morgan fingerprint density at radius 1 is 0.892 bits per heavy atom. The molecule has 0 aromatic heterocycles. The maximum Gasteiger partial charge on any atom is 0.270 e. The Kier molecular flexibility index (Phi) is 6.19. The Morgan fingerprint density at radius 3 is 2.19 bits per heavy atom. The normalized spacial score (nSPS) is 12.6. The first kappa shape index (κ1) is 23.8. The van der Waals surface area contributed by atoms with E-state index in [9.17, 15) is 28.9 Å². The summed E-state index contributed by atoms with van der Waals surface area (Å²) < 4.78 is 14.0. The molecule has 8 nitrogen and oxygen atoms in total. The minimum Gasteiger partial charge on any atom is -0.308 e. The molecule has 184 valence electrons. The van der Waals surface area contributed by atoms with Crippen LogP contribution in [0.3, 0.4) is 0 Å². The summed E-state index contributed by atoms with van der Waals surface area (Å²) in [6, 6.07) is 21.3. The fourth-order valence-corrected chi connectivity index (χ4v) is 4.57. The van der Waals surface area contributed by atoms with E-state index < -0.39 is 28.5 Å². The van der Waals surface area contributed by atoms with Crippen molar-refractivity contribution >= 4 is 39.9 Å². The molecule has 0 bridgehead atoms. The summed E-state index contributed by atoms with van der Waals surface area (Å²) in [6.45, 7) is 0.0598. The number of nitro benzene ring substituents is 1. The van der Waals surface area contributed by atoms with Gasteiger partial charge in [0.25, 0.3) is 23.4 Å². The van der Waals surface area contributed by atoms with E-state index in [1.54, 1.807) is 30.3 Å². The van der Waals surface area contributed by atoms with E-state index in [4.69, 9.17) is 0 Å². The second-order valence-electron chi connectivity index (χ2n) is 8.57. The molecular formula is C28H20FN3O5. The van der Waals surface area contributed by atoms with Crippen LogP contribution in [-0.4, -0.2) is 40.6 Å². The van der Waals surface area contributed by atoms with Gasteiger partial charge in [0.1, 0.15) is 5.82 Å². The summed E-state index contributed by atoms with van der Waals surface area (Å²) in [4.78, 5) is 52.7. The number of nitro groups is 1. The van der Waals surface area contributed by atoms with Gasteiger partial charge in [0.05, 0.1) is 4.92 Å². The molecule has 0 atom stereocenters. The SMILES string of the molecule is O=C1c2cccc3cccc(c23)C(=O)N1CCCN(C(=O)c1cccc([N+](=O)[O-])c1)c1cccc(F)c1. The van der Waals surface area contributed by atoms with Gasteiger partial charge in [0, 0.05) is 53.0 Å². The van der Waals surface area contributed by atoms with Crippen LogP contribution >= 0.6 is 0 Å². The summed E-state index contributed by atoms with van der Waals surface area (Å²) in [5.74, 6) is -1.96. The highest BCUT2D eigenvalue weighted by molar-refractivity contribution is 6.25. The lowest BCUT2D eigenvalue weighted by Crippen LogP contribution is -2.42. The molecule has 1 heterocycles. The molecule has 0 unspecified atom stereocenters. The first-order chi connectivity index (χ1) is 17.8. The van der Waals surface area contributed by atoms with Crippen molar-refractivity contribution in [2.24, 2.45) is 0 Å². The average Bonchev–Trinajstić information content (AvgIpc) is 2.91. The fraction of sp³-hybridized carbons (Fsp3) is 0.107. The lowest BCUT2D eigenvalue weighted by atomic mass is 9.94. The molecule has 9 heteroatoms. The molecule has 4 aromatic carbocycles. The number of rotatable bonds is 7. The number of imide groups is 1. The van der Waals surface area contributed by atoms with Crippen molar-refractivity contribution in [3.8, 4) is 0 Å². The molecule has 37 heavy (non-hydrogen) atoms. The monoisotopic (exact) mass is 497 g/mol. The van der Waals surface area contributed by atoms with Crippen LogP contribution in [0.5, 0.6) is 0 Å². The summed E-state index contributed by atoms with van der Waals surface area (Å²) in [5, 5.41) is 12.6. The lowest BCUT2D eigenvalue weighted by molar-refractivity contribution is -0.384. The summed E-state index contributed by atoms with van der Waals surface area (Å²) in [6.07, 6.45) is 0.201. The smallest absolute Gasteiger partial charge is 0.270 e. The quantitative estimate of drug-likeness (QED) is 0.198. The van der Waals surface area contributed by atoms with Crippen molar-refractivity contribution < 1.29 is 23.7 Å². The van der Waals surface area contributed by atoms with Crippen molar-refractivity contribution in [1.29, 1.82) is 0 Å². The minimum absolute atomic E-state index is 0.0242. The molecule has 5 rings (SSSR count). The first-order valence-corrected chi connectivity index (χ1v) is 11.5. The molecule has 3 amide bonds. The molecule has 0 N–H and O–H groups in total. The number of hydrogen-bond donors (Lipinski definition) is 0. The highest BCUT2D eigenvalue weighted by Crippen LogP contribution is 2.30. The zero-order valence-corrected chi connectivity index (χ0v) is 19.5. The lowest BCUT2D eigenvalue weighted by Gasteiger charge is -2.28. The highest BCUT2D eigenvalue weighted by atomic mass is 19.1. The molecule has 0 saturated heterocycles. The van der Waals surface area contributed by atoms with Crippen molar-refractivity contribution in [2.45, 2.75) is 6.42 Å². The molecule has 0 spiro atoms. The number of non-ortho nitro benzene ring substituents is 1. The van der Waals surface area contributed by atoms with Crippen LogP contribution in [0.1, 0.15) is 37.5 Å². The van der Waals surface area contributed by atoms with E-state index in [0.29, 0.717) is 16.5 Å². The van der Waals surface area contributed by atoms with Gasteiger partial charge in [-0.25, -0.2) is 4.39 Å². The number of carbonyl (C=O) groups is 3. The number of nitrogens with zero attached hydrogens (tertiary/aromatic N) is 3. The van der Waals surface area contributed by atoms with Crippen LogP contribution < -0.4 is 4.90 Å². The number of amides is 3. The fourth-order valence-electron chi connectivity index (χ4n) is 4.57. The van der Waals surface area contributed by atoms with Crippen LogP contribution in [0, 0.1) is 15.9 Å². The molecule has 0 radical (unpaired) electrons. The molecule has 4 aromatic rings. The Labute approximate surface area is 210 Å². The second kappa shape index (κ2) is 9.62. The molecule has 0 saturated carbocycles. The van der Waals surface area contributed by atoms with E-state index in [2.05, 4.69) is 0 Å². The first-order valence-electron chi connectivity index (χ1n) is 11.5. The number of benzene rings is 4. The summed E-state index contributed by atoms with van der Waals surface area (Å²) in [7, 11) is 0. The Bertz CT molecular complexity index is 1530. The van der Waals surface area contributed by atoms with Crippen LogP contribution in [0.2, 0.25) is 0 Å². The zero-order chi connectivity index (χ0) is 26.1. The molecule has 1 aliphatic heterocycles. The zero-order valence-electron chi connectivity index (χ0n) is 19.5. The van der Waals surface area contributed by atoms with Crippen LogP contribution in [0.25, 0.3) is 10.8 Å². The topological polar surface area (TPSA) is 101 Å². The standard InChI is InChI=1S/C28H20FN3O5/c29-20-9-4-10-21(17-20)30(26(33)19-8-1-11-22(16-19)32(36)37)14-5-15-31-27(34)23-12-2-6-18-7-3-13-24(25(18)23)28(31)35/h1-4,6-13,16-17H,5,14-15H2. The van der Waals surface area contributed by atoms with E-state index in [-0.39, 0.29) is 36.4 Å². The Balaban J connectivity index is 1.40. The van der Waals surface area contributed by atoms with Crippen molar-refractivity contribution in [3.63, 3.8) is 0 Å². The predicted octanol–water partition coefficient (Wildman–Crippen LogP) is 5.22. The predicted molar refractivity (Wildman–Crippen MR) is 135 cm³/mol. The van der Waals surface area contributed by atoms with Gasteiger partial charge < -0.3 is 4.90 Å². The number of halogens is 1. The van der Waals surface area contributed by atoms with Gasteiger partial charge in [-0.2, -0.15) is 0 Å². The van der Waals surface area contributed by atoms with Gasteiger partial charge in [-0.15, -0.1) is 0 Å². The van der Waals surface area contributed by atoms with Gasteiger partial charge in [-0.3, -0.25) is 29.4 Å². The number of hydrogen-bond acceptors (Lipinski definition) is 5. The van der Waals surface area contributed by atoms with Crippen LogP contribution in [-0.2, 0) is 0 Å². The van der Waals surface area contributed by atoms with Gasteiger partial charge in [-0.05, 0) is 48.2 Å². The maximum atomic E-state index is 14.0. The number of carbonyl (C=O) groups excluding carboxylic acids is 3. The van der Waals surface area contributed by atoms with E-state index >= 15 is 0 Å². The van der Waals surface area contributed by atoms with Gasteiger partial charge in [0.2, 0.25) is 0 Å². The Morgan fingerprint density at radius 2 is 1.54 bits per heavy atom. The number of anilines is 1. The second-order valence-corrected chi connectivity index (χ2v) is 8.57. The molecule has 1 aliphatic rings. The summed E-state index contributed by atoms with van der Waals surface area (Å²) in [5.41, 5.74) is 0.930. The van der Waals surface area contributed by atoms with E-state index in [1.807, 2.05) is 12.1 Å². The van der Waals surface area contributed by atoms with Crippen molar-refractivity contribution in [3.05, 3.63) is 118 Å². The third kappa shape index (κ3) is 4.42. The van der Waals surface area contributed by atoms with Crippen molar-refractivity contribution in [2.75, 3.05) is 18.0 Å². The summed E-state index contributed by atoms with van der Waals surface area (Å²) >= 11 is 0. The molecule has 0 aliphatic carbocycles. The van der Waals surface area contributed by atoms with Gasteiger partial charge >= 0.3 is 0 Å². The molecular weight excluding hydrogens is 477 g/mol. The van der Waals surface area contributed by atoms with Crippen LogP contribution in [0.4, 0.5) is 15.8 Å². The van der Waals surface area contributed by atoms with Gasteiger partial charge in [-0.1, -0.05) is 36.4 Å².